The molecule has 0 aliphatic heterocycles. The fraction of sp³-hybridized carbons (Fsp3) is 0.235. The number of anilines is 1. The van der Waals surface area contributed by atoms with Crippen molar-refractivity contribution in [3.63, 3.8) is 0 Å². The molecule has 5 heteroatoms. The van der Waals surface area contributed by atoms with Crippen molar-refractivity contribution in [1.82, 2.24) is 0 Å². The van der Waals surface area contributed by atoms with Crippen molar-refractivity contribution < 1.29 is 4.74 Å². The van der Waals surface area contributed by atoms with Crippen LogP contribution >= 0.6 is 24.0 Å². The average molecular weight is 411 g/mol. The molecule has 0 aliphatic rings. The summed E-state index contributed by atoms with van der Waals surface area (Å²) in [6, 6.07) is 14.0. The third-order valence-corrected chi connectivity index (χ3v) is 3.15. The Kier molecular flexibility index (Phi) is 7.17. The molecule has 0 aliphatic carbocycles. The molecule has 2 aromatic rings. The van der Waals surface area contributed by atoms with Gasteiger partial charge in [0.25, 0.3) is 0 Å². The second-order valence-electron chi connectivity index (χ2n) is 5.01. The van der Waals surface area contributed by atoms with Gasteiger partial charge in [0.05, 0.1) is 13.7 Å². The van der Waals surface area contributed by atoms with E-state index in [0.717, 1.165) is 22.6 Å². The van der Waals surface area contributed by atoms with E-state index in [-0.39, 0.29) is 24.0 Å². The molecule has 22 heavy (non-hydrogen) atoms. The number of rotatable bonds is 4. The van der Waals surface area contributed by atoms with Crippen molar-refractivity contribution in [2.45, 2.75) is 20.4 Å². The van der Waals surface area contributed by atoms with Gasteiger partial charge in [-0.1, -0.05) is 24.3 Å². The Morgan fingerprint density at radius 2 is 1.86 bits per heavy atom. The fourth-order valence-electron chi connectivity index (χ4n) is 2.06. The predicted molar refractivity (Wildman–Crippen MR) is 103 cm³/mol. The maximum Gasteiger partial charge on any atom is 0.193 e. The van der Waals surface area contributed by atoms with Crippen LogP contribution in [0.25, 0.3) is 0 Å². The zero-order chi connectivity index (χ0) is 15.2. The molecule has 3 N–H and O–H groups in total. The third kappa shape index (κ3) is 5.22. The monoisotopic (exact) mass is 411 g/mol. The molecule has 0 radical (unpaired) electrons. The number of benzene rings is 2. The fourth-order valence-corrected chi connectivity index (χ4v) is 2.06. The maximum atomic E-state index is 5.92. The van der Waals surface area contributed by atoms with Crippen LogP contribution in [0.4, 0.5) is 5.69 Å². The van der Waals surface area contributed by atoms with Crippen LogP contribution in [-0.4, -0.2) is 13.1 Å². The van der Waals surface area contributed by atoms with Crippen molar-refractivity contribution in [1.29, 1.82) is 0 Å². The number of aryl methyl sites for hydroxylation is 2. The van der Waals surface area contributed by atoms with Gasteiger partial charge in [-0.15, -0.1) is 24.0 Å². The molecule has 0 saturated carbocycles. The topological polar surface area (TPSA) is 59.6 Å². The number of halogens is 1. The Morgan fingerprint density at radius 1 is 1.14 bits per heavy atom. The van der Waals surface area contributed by atoms with Gasteiger partial charge >= 0.3 is 0 Å². The standard InChI is InChI=1S/C17H21N3O.HI/c1-12-5-4-6-15(9-12)20-17(18)19-11-14-8-7-13(2)10-16(14)21-3;/h4-10H,11H2,1-3H3,(H3,18,19,20);1H. The molecule has 2 aromatic carbocycles. The van der Waals surface area contributed by atoms with E-state index < -0.39 is 0 Å². The molecule has 0 saturated heterocycles. The van der Waals surface area contributed by atoms with Gasteiger partial charge in [0, 0.05) is 11.3 Å². The van der Waals surface area contributed by atoms with Gasteiger partial charge < -0.3 is 15.8 Å². The first-order chi connectivity index (χ1) is 10.1. The van der Waals surface area contributed by atoms with E-state index >= 15 is 0 Å². The molecule has 0 heterocycles. The van der Waals surface area contributed by atoms with Gasteiger partial charge in [-0.05, 0) is 43.2 Å². The quantitative estimate of drug-likeness (QED) is 0.457. The van der Waals surface area contributed by atoms with Crippen LogP contribution in [0.1, 0.15) is 16.7 Å². The minimum atomic E-state index is 0. The first-order valence-electron chi connectivity index (χ1n) is 6.85. The SMILES string of the molecule is COc1cc(C)ccc1CN=C(N)Nc1cccc(C)c1.I. The summed E-state index contributed by atoms with van der Waals surface area (Å²) in [5.74, 6) is 1.23. The molecule has 0 atom stereocenters. The van der Waals surface area contributed by atoms with Gasteiger partial charge in [0.2, 0.25) is 0 Å². The van der Waals surface area contributed by atoms with E-state index in [9.17, 15) is 0 Å². The summed E-state index contributed by atoms with van der Waals surface area (Å²) in [4.78, 5) is 4.36. The molecule has 0 amide bonds. The molecule has 2 rings (SSSR count). The average Bonchev–Trinajstić information content (AvgIpc) is 2.45. The molecule has 0 fully saturated rings. The lowest BCUT2D eigenvalue weighted by atomic mass is 10.1. The van der Waals surface area contributed by atoms with Crippen LogP contribution in [0.3, 0.4) is 0 Å². The Hall–Kier alpha value is -1.76. The van der Waals surface area contributed by atoms with Crippen LogP contribution in [0.5, 0.6) is 5.75 Å². The highest BCUT2D eigenvalue weighted by Crippen LogP contribution is 2.20. The van der Waals surface area contributed by atoms with Crippen LogP contribution in [0.15, 0.2) is 47.5 Å². The second kappa shape index (κ2) is 8.63. The molecule has 4 nitrogen and oxygen atoms in total. The van der Waals surface area contributed by atoms with E-state index in [1.807, 2.05) is 56.3 Å². The van der Waals surface area contributed by atoms with Gasteiger partial charge in [-0.2, -0.15) is 0 Å². The van der Waals surface area contributed by atoms with Gasteiger partial charge in [-0.25, -0.2) is 4.99 Å². The summed E-state index contributed by atoms with van der Waals surface area (Å²) in [6.45, 7) is 4.55. The lowest BCUT2D eigenvalue weighted by molar-refractivity contribution is 0.409. The number of hydrogen-bond acceptors (Lipinski definition) is 2. The van der Waals surface area contributed by atoms with E-state index in [1.165, 1.54) is 5.56 Å². The number of aliphatic imine (C=N–C) groups is 1. The summed E-state index contributed by atoms with van der Waals surface area (Å²) in [5.41, 5.74) is 10.2. The van der Waals surface area contributed by atoms with Crippen LogP contribution in [0, 0.1) is 13.8 Å². The van der Waals surface area contributed by atoms with Gasteiger partial charge in [0.1, 0.15) is 5.75 Å². The van der Waals surface area contributed by atoms with Gasteiger partial charge in [-0.3, -0.25) is 0 Å². The largest absolute Gasteiger partial charge is 0.496 e. The molecule has 0 bridgehead atoms. The van der Waals surface area contributed by atoms with Crippen molar-refractivity contribution >= 4 is 35.6 Å². The highest BCUT2D eigenvalue weighted by molar-refractivity contribution is 14.0. The Balaban J connectivity index is 0.00000242. The molecule has 118 valence electrons. The zero-order valence-corrected chi connectivity index (χ0v) is 15.4. The lowest BCUT2D eigenvalue weighted by Gasteiger charge is -2.09. The number of methoxy groups -OCH3 is 1. The highest BCUT2D eigenvalue weighted by Gasteiger charge is 2.03. The van der Waals surface area contributed by atoms with Crippen molar-refractivity contribution in [2.75, 3.05) is 12.4 Å². The molecule has 0 spiro atoms. The first-order valence-corrected chi connectivity index (χ1v) is 6.85. The maximum absolute atomic E-state index is 5.92. The summed E-state index contributed by atoms with van der Waals surface area (Å²) in [6.07, 6.45) is 0. The Morgan fingerprint density at radius 3 is 2.55 bits per heavy atom. The summed E-state index contributed by atoms with van der Waals surface area (Å²) < 4.78 is 5.36. The summed E-state index contributed by atoms with van der Waals surface area (Å²) in [5, 5.41) is 3.09. The third-order valence-electron chi connectivity index (χ3n) is 3.15. The smallest absolute Gasteiger partial charge is 0.193 e. The minimum Gasteiger partial charge on any atom is -0.496 e. The second-order valence-corrected chi connectivity index (χ2v) is 5.01. The highest BCUT2D eigenvalue weighted by atomic mass is 127. The summed E-state index contributed by atoms with van der Waals surface area (Å²) >= 11 is 0. The van der Waals surface area contributed by atoms with Gasteiger partial charge in [0.15, 0.2) is 5.96 Å². The van der Waals surface area contributed by atoms with E-state index in [1.54, 1.807) is 7.11 Å². The zero-order valence-electron chi connectivity index (χ0n) is 13.1. The van der Waals surface area contributed by atoms with E-state index in [0.29, 0.717) is 12.5 Å². The molecular formula is C17H22IN3O. The van der Waals surface area contributed by atoms with Crippen molar-refractivity contribution in [3.8, 4) is 5.75 Å². The molecule has 0 aromatic heterocycles. The van der Waals surface area contributed by atoms with Crippen LogP contribution < -0.4 is 15.8 Å². The predicted octanol–water partition coefficient (Wildman–Crippen LogP) is 3.86. The normalized spacial score (nSPS) is 10.8. The number of nitrogens with zero attached hydrogens (tertiary/aromatic N) is 1. The van der Waals surface area contributed by atoms with Crippen LogP contribution in [0.2, 0.25) is 0 Å². The van der Waals surface area contributed by atoms with Crippen molar-refractivity contribution in [2.24, 2.45) is 10.7 Å². The van der Waals surface area contributed by atoms with E-state index in [2.05, 4.69) is 10.3 Å². The van der Waals surface area contributed by atoms with E-state index in [4.69, 9.17) is 10.5 Å². The number of guanidine groups is 1. The summed E-state index contributed by atoms with van der Waals surface area (Å²) in [7, 11) is 1.66. The van der Waals surface area contributed by atoms with Crippen LogP contribution in [-0.2, 0) is 6.54 Å². The number of nitrogens with two attached hydrogens (primary N) is 1. The molecular weight excluding hydrogens is 389 g/mol. The number of ether oxygens (including phenoxy) is 1. The number of hydrogen-bond donors (Lipinski definition) is 2. The number of nitrogens with one attached hydrogen (secondary N) is 1. The van der Waals surface area contributed by atoms with Crippen molar-refractivity contribution in [3.05, 3.63) is 59.2 Å². The Labute approximate surface area is 148 Å². The first kappa shape index (κ1) is 18.3. The molecule has 0 unspecified atom stereocenters. The lowest BCUT2D eigenvalue weighted by Crippen LogP contribution is -2.22. The minimum absolute atomic E-state index is 0. The Bertz CT molecular complexity index is 656.